The van der Waals surface area contributed by atoms with Crippen LogP contribution in [0.25, 0.3) is 0 Å². The van der Waals surface area contributed by atoms with Crippen LogP contribution in [0.15, 0.2) is 6.07 Å². The van der Waals surface area contributed by atoms with Gasteiger partial charge in [0.2, 0.25) is 11.8 Å². The van der Waals surface area contributed by atoms with Crippen LogP contribution in [0.1, 0.15) is 19.0 Å². The topological polar surface area (TPSA) is 64.3 Å². The van der Waals surface area contributed by atoms with Gasteiger partial charge < -0.3 is 15.4 Å². The SMILES string of the molecule is CCN(CCCN)c1nc(C)cc(OC)n1. The summed E-state index contributed by atoms with van der Waals surface area (Å²) in [5.41, 5.74) is 6.41. The average Bonchev–Trinajstić information content (AvgIpc) is 2.29. The second-order valence-electron chi connectivity index (χ2n) is 3.57. The van der Waals surface area contributed by atoms with E-state index in [4.69, 9.17) is 10.5 Å². The first-order chi connectivity index (χ1) is 7.71. The van der Waals surface area contributed by atoms with Gasteiger partial charge in [-0.25, -0.2) is 4.98 Å². The van der Waals surface area contributed by atoms with Gasteiger partial charge in [-0.15, -0.1) is 0 Å². The maximum atomic E-state index is 5.50. The van der Waals surface area contributed by atoms with E-state index >= 15 is 0 Å². The lowest BCUT2D eigenvalue weighted by atomic mass is 10.4. The molecule has 90 valence electrons. The van der Waals surface area contributed by atoms with Crippen LogP contribution in [0.4, 0.5) is 5.95 Å². The number of ether oxygens (including phenoxy) is 1. The Morgan fingerprint density at radius 2 is 2.19 bits per heavy atom. The van der Waals surface area contributed by atoms with Crippen LogP contribution in [0.5, 0.6) is 5.88 Å². The molecule has 5 nitrogen and oxygen atoms in total. The first-order valence-electron chi connectivity index (χ1n) is 5.56. The first kappa shape index (κ1) is 12.7. The fourth-order valence-corrected chi connectivity index (χ4v) is 1.45. The summed E-state index contributed by atoms with van der Waals surface area (Å²) in [6.45, 7) is 6.44. The molecule has 1 aromatic heterocycles. The van der Waals surface area contributed by atoms with Crippen LogP contribution in [-0.2, 0) is 0 Å². The van der Waals surface area contributed by atoms with Gasteiger partial charge >= 0.3 is 0 Å². The van der Waals surface area contributed by atoms with Gasteiger partial charge in [0.25, 0.3) is 0 Å². The second-order valence-corrected chi connectivity index (χ2v) is 3.57. The summed E-state index contributed by atoms with van der Waals surface area (Å²) in [6, 6.07) is 1.82. The summed E-state index contributed by atoms with van der Waals surface area (Å²) >= 11 is 0. The van der Waals surface area contributed by atoms with Gasteiger partial charge in [-0.3, -0.25) is 0 Å². The van der Waals surface area contributed by atoms with Crippen LogP contribution in [0.2, 0.25) is 0 Å². The highest BCUT2D eigenvalue weighted by Gasteiger charge is 2.09. The molecule has 0 atom stereocenters. The van der Waals surface area contributed by atoms with Gasteiger partial charge in [0.05, 0.1) is 7.11 Å². The van der Waals surface area contributed by atoms with E-state index in [9.17, 15) is 0 Å². The van der Waals surface area contributed by atoms with E-state index in [0.29, 0.717) is 18.4 Å². The third-order valence-corrected chi connectivity index (χ3v) is 2.32. The number of aryl methyl sites for hydroxylation is 1. The van der Waals surface area contributed by atoms with Crippen molar-refractivity contribution in [3.8, 4) is 5.88 Å². The fourth-order valence-electron chi connectivity index (χ4n) is 1.45. The van der Waals surface area contributed by atoms with Crippen molar-refractivity contribution < 1.29 is 4.74 Å². The van der Waals surface area contributed by atoms with E-state index in [0.717, 1.165) is 25.2 Å². The molecular weight excluding hydrogens is 204 g/mol. The Morgan fingerprint density at radius 1 is 1.44 bits per heavy atom. The summed E-state index contributed by atoms with van der Waals surface area (Å²) < 4.78 is 5.13. The van der Waals surface area contributed by atoms with Crippen LogP contribution in [0.3, 0.4) is 0 Å². The minimum atomic E-state index is 0.605. The predicted octanol–water partition coefficient (Wildman–Crippen LogP) is 0.969. The van der Waals surface area contributed by atoms with E-state index in [1.807, 2.05) is 13.0 Å². The fraction of sp³-hybridized carbons (Fsp3) is 0.636. The van der Waals surface area contributed by atoms with Crippen molar-refractivity contribution in [2.24, 2.45) is 5.73 Å². The van der Waals surface area contributed by atoms with Crippen molar-refractivity contribution >= 4 is 5.95 Å². The maximum absolute atomic E-state index is 5.50. The zero-order valence-electron chi connectivity index (χ0n) is 10.2. The average molecular weight is 224 g/mol. The maximum Gasteiger partial charge on any atom is 0.228 e. The molecule has 0 radical (unpaired) electrons. The predicted molar refractivity (Wildman–Crippen MR) is 64.9 cm³/mol. The van der Waals surface area contributed by atoms with Crippen LogP contribution in [-0.4, -0.2) is 36.7 Å². The molecule has 0 aromatic carbocycles. The standard InChI is InChI=1S/C11H20N4O/c1-4-15(7-5-6-12)11-13-9(2)8-10(14-11)16-3/h8H,4-7,12H2,1-3H3. The van der Waals surface area contributed by atoms with E-state index < -0.39 is 0 Å². The highest BCUT2D eigenvalue weighted by molar-refractivity contribution is 5.33. The Hall–Kier alpha value is -1.36. The molecule has 0 saturated heterocycles. The van der Waals surface area contributed by atoms with Gasteiger partial charge in [0, 0.05) is 24.8 Å². The van der Waals surface area contributed by atoms with Crippen molar-refractivity contribution in [3.63, 3.8) is 0 Å². The van der Waals surface area contributed by atoms with E-state index in [2.05, 4.69) is 21.8 Å². The Kier molecular flexibility index (Phi) is 4.98. The Balaban J connectivity index is 2.86. The first-order valence-corrected chi connectivity index (χ1v) is 5.56. The van der Waals surface area contributed by atoms with Crippen LogP contribution in [0, 0.1) is 6.92 Å². The molecule has 0 aliphatic heterocycles. The Morgan fingerprint density at radius 3 is 2.75 bits per heavy atom. The van der Waals surface area contributed by atoms with Crippen molar-refractivity contribution in [1.29, 1.82) is 0 Å². The molecule has 2 N–H and O–H groups in total. The summed E-state index contributed by atoms with van der Waals surface area (Å²) in [4.78, 5) is 10.8. The molecule has 5 heteroatoms. The third-order valence-electron chi connectivity index (χ3n) is 2.32. The quantitative estimate of drug-likeness (QED) is 0.780. The van der Waals surface area contributed by atoms with Crippen molar-refractivity contribution in [2.45, 2.75) is 20.3 Å². The number of hydrogen-bond acceptors (Lipinski definition) is 5. The minimum absolute atomic E-state index is 0.605. The molecule has 0 aliphatic carbocycles. The van der Waals surface area contributed by atoms with Crippen LogP contribution >= 0.6 is 0 Å². The van der Waals surface area contributed by atoms with E-state index in [1.54, 1.807) is 7.11 Å². The highest BCUT2D eigenvalue weighted by Crippen LogP contribution is 2.14. The van der Waals surface area contributed by atoms with Gasteiger partial charge in [-0.2, -0.15) is 4.98 Å². The zero-order valence-corrected chi connectivity index (χ0v) is 10.2. The molecule has 0 aliphatic rings. The van der Waals surface area contributed by atoms with E-state index in [1.165, 1.54) is 0 Å². The van der Waals surface area contributed by atoms with Crippen LogP contribution < -0.4 is 15.4 Å². The van der Waals surface area contributed by atoms with Gasteiger partial charge in [-0.1, -0.05) is 0 Å². The number of anilines is 1. The number of nitrogens with two attached hydrogens (primary N) is 1. The number of hydrogen-bond donors (Lipinski definition) is 1. The molecule has 0 unspecified atom stereocenters. The number of aromatic nitrogens is 2. The third kappa shape index (κ3) is 3.34. The van der Waals surface area contributed by atoms with Crippen molar-refractivity contribution in [2.75, 3.05) is 31.6 Å². The lowest BCUT2D eigenvalue weighted by Crippen LogP contribution is -2.27. The molecule has 1 rings (SSSR count). The minimum Gasteiger partial charge on any atom is -0.481 e. The van der Waals surface area contributed by atoms with Crippen molar-refractivity contribution in [1.82, 2.24) is 9.97 Å². The molecule has 1 heterocycles. The summed E-state index contributed by atoms with van der Waals surface area (Å²) in [5, 5.41) is 0. The normalized spacial score (nSPS) is 10.2. The van der Waals surface area contributed by atoms with Gasteiger partial charge in [-0.05, 0) is 26.8 Å². The number of rotatable bonds is 6. The molecule has 0 amide bonds. The number of nitrogens with zero attached hydrogens (tertiary/aromatic N) is 3. The summed E-state index contributed by atoms with van der Waals surface area (Å²) in [7, 11) is 1.61. The smallest absolute Gasteiger partial charge is 0.228 e. The van der Waals surface area contributed by atoms with Crippen molar-refractivity contribution in [3.05, 3.63) is 11.8 Å². The second kappa shape index (κ2) is 6.27. The highest BCUT2D eigenvalue weighted by atomic mass is 16.5. The molecule has 0 saturated carbocycles. The molecule has 16 heavy (non-hydrogen) atoms. The molecular formula is C11H20N4O. The Bertz CT molecular complexity index is 330. The molecule has 0 bridgehead atoms. The molecule has 1 aromatic rings. The van der Waals surface area contributed by atoms with Gasteiger partial charge in [0.1, 0.15) is 0 Å². The molecule has 0 spiro atoms. The lowest BCUT2D eigenvalue weighted by Gasteiger charge is -2.20. The van der Waals surface area contributed by atoms with E-state index in [-0.39, 0.29) is 0 Å². The largest absolute Gasteiger partial charge is 0.481 e. The molecule has 0 fully saturated rings. The summed E-state index contributed by atoms with van der Waals surface area (Å²) in [5.74, 6) is 1.32. The number of methoxy groups -OCH3 is 1. The lowest BCUT2D eigenvalue weighted by molar-refractivity contribution is 0.396. The summed E-state index contributed by atoms with van der Waals surface area (Å²) in [6.07, 6.45) is 0.938. The zero-order chi connectivity index (χ0) is 12.0. The van der Waals surface area contributed by atoms with Gasteiger partial charge in [0.15, 0.2) is 0 Å². The monoisotopic (exact) mass is 224 g/mol. The Labute approximate surface area is 96.6 Å².